The predicted molar refractivity (Wildman–Crippen MR) is 80.0 cm³/mol. The van der Waals surface area contributed by atoms with Crippen molar-refractivity contribution in [1.82, 2.24) is 5.43 Å². The highest BCUT2D eigenvalue weighted by Gasteiger charge is 2.07. The molecule has 17 heavy (non-hydrogen) atoms. The summed E-state index contributed by atoms with van der Waals surface area (Å²) in [6, 6.07) is 8.67. The summed E-state index contributed by atoms with van der Waals surface area (Å²) in [6.45, 7) is 5.96. The number of hydrazine groups is 1. The van der Waals surface area contributed by atoms with E-state index in [-0.39, 0.29) is 0 Å². The van der Waals surface area contributed by atoms with Gasteiger partial charge in [0.2, 0.25) is 0 Å². The molecule has 1 rings (SSSR count). The standard InChI is InChI=1S/C13H19BrN2S/c1-10(2)3-6-12(16-15)9-17-13-7-4-11(14)5-8-13/h4-5,7-8,12,16H,1,3,6,9,15H2,2H3. The molecule has 0 saturated heterocycles. The largest absolute Gasteiger partial charge is 0.271 e. The Balaban J connectivity index is 2.36. The van der Waals surface area contributed by atoms with Gasteiger partial charge < -0.3 is 0 Å². The van der Waals surface area contributed by atoms with Crippen LogP contribution in [0.5, 0.6) is 0 Å². The lowest BCUT2D eigenvalue weighted by atomic mass is 10.1. The van der Waals surface area contributed by atoms with E-state index in [4.69, 9.17) is 5.84 Å². The SMILES string of the molecule is C=C(C)CCC(CSc1ccc(Br)cc1)NN. The van der Waals surface area contributed by atoms with E-state index in [2.05, 4.69) is 59.1 Å². The number of nitrogens with one attached hydrogen (secondary N) is 1. The first-order valence-corrected chi connectivity index (χ1v) is 7.38. The van der Waals surface area contributed by atoms with E-state index in [1.54, 1.807) is 0 Å². The second-order valence-corrected chi connectivity index (χ2v) is 6.13. The normalized spacial score (nSPS) is 12.4. The van der Waals surface area contributed by atoms with Crippen LogP contribution in [0.4, 0.5) is 0 Å². The van der Waals surface area contributed by atoms with E-state index in [1.807, 2.05) is 11.8 Å². The van der Waals surface area contributed by atoms with Gasteiger partial charge in [-0.2, -0.15) is 0 Å². The summed E-state index contributed by atoms with van der Waals surface area (Å²) >= 11 is 5.25. The second-order valence-electron chi connectivity index (χ2n) is 4.12. The van der Waals surface area contributed by atoms with Crippen molar-refractivity contribution in [1.29, 1.82) is 0 Å². The summed E-state index contributed by atoms with van der Waals surface area (Å²) in [5.41, 5.74) is 4.08. The summed E-state index contributed by atoms with van der Waals surface area (Å²) in [5, 5.41) is 0. The van der Waals surface area contributed by atoms with Crippen LogP contribution in [0.3, 0.4) is 0 Å². The highest BCUT2D eigenvalue weighted by Crippen LogP contribution is 2.22. The molecular formula is C13H19BrN2S. The summed E-state index contributed by atoms with van der Waals surface area (Å²) < 4.78 is 1.11. The fourth-order valence-corrected chi connectivity index (χ4v) is 2.61. The maximum Gasteiger partial charge on any atom is 0.0307 e. The van der Waals surface area contributed by atoms with Gasteiger partial charge in [-0.15, -0.1) is 18.3 Å². The molecule has 1 unspecified atom stereocenters. The molecule has 0 radical (unpaired) electrons. The second kappa shape index (κ2) is 7.93. The number of halogens is 1. The average molecular weight is 315 g/mol. The third kappa shape index (κ3) is 6.27. The third-order valence-corrected chi connectivity index (χ3v) is 4.12. The first-order valence-electron chi connectivity index (χ1n) is 5.60. The minimum Gasteiger partial charge on any atom is -0.271 e. The number of hydrogen-bond acceptors (Lipinski definition) is 3. The zero-order valence-corrected chi connectivity index (χ0v) is 12.5. The van der Waals surface area contributed by atoms with E-state index in [1.165, 1.54) is 10.5 Å². The van der Waals surface area contributed by atoms with Crippen LogP contribution < -0.4 is 11.3 Å². The van der Waals surface area contributed by atoms with E-state index < -0.39 is 0 Å². The van der Waals surface area contributed by atoms with Crippen LogP contribution in [0.1, 0.15) is 19.8 Å². The Morgan fingerprint density at radius 2 is 2.12 bits per heavy atom. The highest BCUT2D eigenvalue weighted by atomic mass is 79.9. The molecule has 0 aliphatic carbocycles. The molecular weight excluding hydrogens is 296 g/mol. The third-order valence-electron chi connectivity index (χ3n) is 2.42. The number of benzene rings is 1. The summed E-state index contributed by atoms with van der Waals surface area (Å²) in [6.07, 6.45) is 2.06. The van der Waals surface area contributed by atoms with E-state index in [9.17, 15) is 0 Å². The smallest absolute Gasteiger partial charge is 0.0307 e. The van der Waals surface area contributed by atoms with Crippen LogP contribution >= 0.6 is 27.7 Å². The van der Waals surface area contributed by atoms with Crippen molar-refractivity contribution in [2.24, 2.45) is 5.84 Å². The zero-order chi connectivity index (χ0) is 12.7. The Morgan fingerprint density at radius 1 is 1.47 bits per heavy atom. The van der Waals surface area contributed by atoms with Crippen molar-refractivity contribution in [3.63, 3.8) is 0 Å². The number of allylic oxidation sites excluding steroid dienone is 1. The molecule has 0 amide bonds. The Morgan fingerprint density at radius 3 is 2.65 bits per heavy atom. The van der Waals surface area contributed by atoms with Crippen molar-refractivity contribution >= 4 is 27.7 Å². The number of nitrogens with two attached hydrogens (primary N) is 1. The minimum absolute atomic E-state index is 0.334. The van der Waals surface area contributed by atoms with Crippen molar-refractivity contribution in [2.45, 2.75) is 30.7 Å². The van der Waals surface area contributed by atoms with Gasteiger partial charge in [-0.25, -0.2) is 0 Å². The summed E-state index contributed by atoms with van der Waals surface area (Å²) in [4.78, 5) is 1.27. The van der Waals surface area contributed by atoms with Crippen LogP contribution in [0.25, 0.3) is 0 Å². The quantitative estimate of drug-likeness (QED) is 0.348. The van der Waals surface area contributed by atoms with Gasteiger partial charge in [-0.1, -0.05) is 21.5 Å². The number of rotatable bonds is 7. The van der Waals surface area contributed by atoms with Gasteiger partial charge >= 0.3 is 0 Å². The van der Waals surface area contributed by atoms with Crippen molar-refractivity contribution in [3.05, 3.63) is 40.9 Å². The number of hydrogen-bond donors (Lipinski definition) is 2. The Hall–Kier alpha value is -0.290. The molecule has 1 aromatic rings. The average Bonchev–Trinajstić information content (AvgIpc) is 2.31. The molecule has 0 bridgehead atoms. The Bertz CT molecular complexity index is 351. The van der Waals surface area contributed by atoms with Gasteiger partial charge in [0.1, 0.15) is 0 Å². The predicted octanol–water partition coefficient (Wildman–Crippen LogP) is 3.73. The lowest BCUT2D eigenvalue weighted by Gasteiger charge is -2.15. The van der Waals surface area contributed by atoms with Gasteiger partial charge in [0.25, 0.3) is 0 Å². The minimum atomic E-state index is 0.334. The molecule has 1 atom stereocenters. The first kappa shape index (κ1) is 14.8. The molecule has 1 aromatic carbocycles. The highest BCUT2D eigenvalue weighted by molar-refractivity contribution is 9.10. The molecule has 0 aliphatic heterocycles. The van der Waals surface area contributed by atoms with Crippen LogP contribution in [-0.2, 0) is 0 Å². The Kier molecular flexibility index (Phi) is 6.89. The van der Waals surface area contributed by atoms with E-state index >= 15 is 0 Å². The molecule has 0 spiro atoms. The van der Waals surface area contributed by atoms with Crippen LogP contribution in [0, 0.1) is 0 Å². The lowest BCUT2D eigenvalue weighted by Crippen LogP contribution is -2.36. The molecule has 0 aromatic heterocycles. The fraction of sp³-hybridized carbons (Fsp3) is 0.385. The van der Waals surface area contributed by atoms with Gasteiger partial charge in [-0.3, -0.25) is 11.3 Å². The lowest BCUT2D eigenvalue weighted by molar-refractivity contribution is 0.538. The summed E-state index contributed by atoms with van der Waals surface area (Å²) in [5.74, 6) is 6.52. The molecule has 0 fully saturated rings. The summed E-state index contributed by atoms with van der Waals surface area (Å²) in [7, 11) is 0. The molecule has 0 aliphatic rings. The first-order chi connectivity index (χ1) is 8.11. The molecule has 0 heterocycles. The van der Waals surface area contributed by atoms with Crippen LogP contribution in [-0.4, -0.2) is 11.8 Å². The van der Waals surface area contributed by atoms with Crippen molar-refractivity contribution < 1.29 is 0 Å². The molecule has 0 saturated carbocycles. The van der Waals surface area contributed by atoms with Gasteiger partial charge in [0, 0.05) is 21.2 Å². The monoisotopic (exact) mass is 314 g/mol. The van der Waals surface area contributed by atoms with E-state index in [0.29, 0.717) is 6.04 Å². The fourth-order valence-electron chi connectivity index (χ4n) is 1.36. The molecule has 2 nitrogen and oxygen atoms in total. The molecule has 3 N–H and O–H groups in total. The van der Waals surface area contributed by atoms with Crippen molar-refractivity contribution in [3.8, 4) is 0 Å². The zero-order valence-electron chi connectivity index (χ0n) is 10.1. The maximum atomic E-state index is 5.55. The van der Waals surface area contributed by atoms with Crippen LogP contribution in [0.15, 0.2) is 45.8 Å². The van der Waals surface area contributed by atoms with Crippen molar-refractivity contribution in [2.75, 3.05) is 5.75 Å². The molecule has 4 heteroatoms. The van der Waals surface area contributed by atoms with Gasteiger partial charge in [0.05, 0.1) is 0 Å². The maximum absolute atomic E-state index is 5.55. The number of thioether (sulfide) groups is 1. The Labute approximate surface area is 116 Å². The molecule has 94 valence electrons. The van der Waals surface area contributed by atoms with Gasteiger partial charge in [0.15, 0.2) is 0 Å². The van der Waals surface area contributed by atoms with E-state index in [0.717, 1.165) is 23.1 Å². The topological polar surface area (TPSA) is 38.0 Å². The van der Waals surface area contributed by atoms with Gasteiger partial charge in [-0.05, 0) is 44.0 Å². The van der Waals surface area contributed by atoms with Crippen LogP contribution in [0.2, 0.25) is 0 Å².